The Labute approximate surface area is 238 Å². The first-order valence-corrected chi connectivity index (χ1v) is 14.2. The quantitative estimate of drug-likeness (QED) is 0.144. The van der Waals surface area contributed by atoms with E-state index in [1.165, 1.54) is 18.6 Å². The first-order chi connectivity index (χ1) is 18.7. The second kappa shape index (κ2) is 33.5. The number of alkyl halides is 1. The van der Waals surface area contributed by atoms with Crippen LogP contribution in [0.1, 0.15) is 93.9 Å². The Hall–Kier alpha value is -2.54. The van der Waals surface area contributed by atoms with E-state index in [1.807, 2.05) is 32.9 Å². The first-order valence-electron chi connectivity index (χ1n) is 14.2. The monoisotopic (exact) mass is 556 g/mol. The van der Waals surface area contributed by atoms with Crippen LogP contribution in [0.25, 0.3) is 0 Å². The lowest BCUT2D eigenvalue weighted by Gasteiger charge is -2.14. The Morgan fingerprint density at radius 3 is 2.18 bits per heavy atom. The van der Waals surface area contributed by atoms with Crippen molar-refractivity contribution in [1.82, 2.24) is 10.6 Å². The number of hydrogen-bond acceptors (Lipinski definition) is 4. The number of halogens is 2. The Kier molecular flexibility index (Phi) is 37.4. The molecular formula is C32H58F2N2O3. The van der Waals surface area contributed by atoms with Crippen molar-refractivity contribution in [1.29, 1.82) is 0 Å². The topological polar surface area (TPSA) is 67.4 Å². The van der Waals surface area contributed by atoms with E-state index in [-0.39, 0.29) is 36.5 Å². The molecule has 2 N–H and O–H groups in total. The molecule has 0 aliphatic carbocycles. The minimum absolute atomic E-state index is 0.0495. The maximum atomic E-state index is 12.0. The highest BCUT2D eigenvalue weighted by Crippen LogP contribution is 2.21. The highest BCUT2D eigenvalue weighted by Gasteiger charge is 2.30. The predicted molar refractivity (Wildman–Crippen MR) is 165 cm³/mol. The minimum atomic E-state index is -0.383. The molecule has 1 aliphatic heterocycles. The molecule has 39 heavy (non-hydrogen) atoms. The Bertz CT molecular complexity index is 687. The fourth-order valence-corrected chi connectivity index (χ4v) is 3.32. The summed E-state index contributed by atoms with van der Waals surface area (Å²) in [5, 5.41) is 5.95. The highest BCUT2D eigenvalue weighted by atomic mass is 19.1. The molecule has 1 amide bonds. The number of hydrogen-bond donors (Lipinski definition) is 2. The van der Waals surface area contributed by atoms with Crippen molar-refractivity contribution in [3.63, 3.8) is 0 Å². The summed E-state index contributed by atoms with van der Waals surface area (Å²) in [4.78, 5) is 22.8. The number of esters is 1. The van der Waals surface area contributed by atoms with Gasteiger partial charge in [-0.05, 0) is 64.4 Å². The number of allylic oxidation sites excluding steroid dienone is 7. The van der Waals surface area contributed by atoms with E-state index in [0.717, 1.165) is 25.7 Å². The molecule has 1 aliphatic rings. The molecule has 3 atom stereocenters. The van der Waals surface area contributed by atoms with Gasteiger partial charge < -0.3 is 15.4 Å². The van der Waals surface area contributed by atoms with Crippen molar-refractivity contribution >= 4 is 11.9 Å². The van der Waals surface area contributed by atoms with Gasteiger partial charge in [0.1, 0.15) is 12.7 Å². The van der Waals surface area contributed by atoms with Gasteiger partial charge in [-0.2, -0.15) is 0 Å². The van der Waals surface area contributed by atoms with Gasteiger partial charge in [-0.3, -0.25) is 9.59 Å². The molecule has 5 nitrogen and oxygen atoms in total. The molecule has 1 rings (SSSR count). The van der Waals surface area contributed by atoms with Gasteiger partial charge >= 0.3 is 5.97 Å². The van der Waals surface area contributed by atoms with E-state index in [9.17, 15) is 18.4 Å². The van der Waals surface area contributed by atoms with Crippen LogP contribution in [0.2, 0.25) is 0 Å². The fraction of sp³-hybridized carbons (Fsp3) is 0.625. The lowest BCUT2D eigenvalue weighted by molar-refractivity contribution is -0.145. The number of rotatable bonds is 12. The van der Waals surface area contributed by atoms with Crippen LogP contribution in [0, 0.1) is 5.92 Å². The third-order valence-corrected chi connectivity index (χ3v) is 5.20. The molecule has 228 valence electrons. The van der Waals surface area contributed by atoms with Crippen LogP contribution in [0.4, 0.5) is 8.78 Å². The van der Waals surface area contributed by atoms with Gasteiger partial charge in [-0.1, -0.05) is 65.0 Å². The summed E-state index contributed by atoms with van der Waals surface area (Å²) >= 11 is 0. The van der Waals surface area contributed by atoms with Crippen LogP contribution < -0.4 is 10.6 Å². The minimum Gasteiger partial charge on any atom is -0.465 e. The highest BCUT2D eigenvalue weighted by molar-refractivity contribution is 5.78. The van der Waals surface area contributed by atoms with Crippen LogP contribution >= 0.6 is 0 Å². The average Bonchev–Trinajstić information content (AvgIpc) is 3.41. The standard InChI is InChI=1S/C13H21F.C11H20N2O3.C4H7F.C2H6.C2H4/c1-4-8-12(6-3)13(9-5-2)10-7-11-14;1-3-5-10(14)13-8-6-9(12-7-8)11(15)16-4-2;1-3-4(2)5;2*1-2/h4,7,9-10,12H,1,5-6,8,11H2,2-3H3;8-9,12H,3-7H2,1-2H3,(H,13,14);3H,1-2H3;1-2H3;1-2H2/b10-7-,13-9+;;4-3+;;. The Morgan fingerprint density at radius 2 is 1.77 bits per heavy atom. The maximum Gasteiger partial charge on any atom is 0.323 e. The van der Waals surface area contributed by atoms with Crippen LogP contribution in [-0.2, 0) is 14.3 Å². The largest absolute Gasteiger partial charge is 0.465 e. The molecular weight excluding hydrogens is 498 g/mol. The van der Waals surface area contributed by atoms with Crippen molar-refractivity contribution in [3.8, 4) is 0 Å². The molecule has 0 saturated carbocycles. The smallest absolute Gasteiger partial charge is 0.323 e. The molecule has 1 saturated heterocycles. The van der Waals surface area contributed by atoms with Crippen molar-refractivity contribution in [3.05, 3.63) is 61.5 Å². The van der Waals surface area contributed by atoms with Gasteiger partial charge in [-0.15, -0.1) is 19.7 Å². The number of carbonyl (C=O) groups excluding carboxylic acids is 2. The molecule has 1 heterocycles. The molecule has 0 aromatic heterocycles. The van der Waals surface area contributed by atoms with Crippen molar-refractivity contribution in [2.24, 2.45) is 5.92 Å². The van der Waals surface area contributed by atoms with Crippen LogP contribution in [-0.4, -0.2) is 43.8 Å². The van der Waals surface area contributed by atoms with E-state index in [4.69, 9.17) is 4.74 Å². The number of carbonyl (C=O) groups is 2. The summed E-state index contributed by atoms with van der Waals surface area (Å²) in [5.74, 6) is 0.203. The molecule has 0 bridgehead atoms. The zero-order valence-corrected chi connectivity index (χ0v) is 26.1. The zero-order valence-electron chi connectivity index (χ0n) is 26.1. The van der Waals surface area contributed by atoms with E-state index in [2.05, 4.69) is 50.3 Å². The Balaban J connectivity index is -0.000000243. The first kappa shape index (κ1) is 43.5. The normalized spacial score (nSPS) is 17.0. The van der Waals surface area contributed by atoms with Gasteiger partial charge in [-0.25, -0.2) is 8.78 Å². The molecule has 0 spiro atoms. The molecule has 3 unspecified atom stereocenters. The Morgan fingerprint density at radius 1 is 1.18 bits per heavy atom. The van der Waals surface area contributed by atoms with Gasteiger partial charge in [0.05, 0.1) is 12.4 Å². The molecule has 0 radical (unpaired) electrons. The number of ether oxygens (including phenoxy) is 1. The molecule has 0 aromatic carbocycles. The summed E-state index contributed by atoms with van der Waals surface area (Å²) in [6.45, 7) is 25.5. The summed E-state index contributed by atoms with van der Waals surface area (Å²) < 4.78 is 28.2. The van der Waals surface area contributed by atoms with E-state index < -0.39 is 0 Å². The lowest BCUT2D eigenvalue weighted by Crippen LogP contribution is -2.35. The molecule has 7 heteroatoms. The van der Waals surface area contributed by atoms with Crippen LogP contribution in [0.3, 0.4) is 0 Å². The number of amides is 1. The van der Waals surface area contributed by atoms with Gasteiger partial charge in [0.25, 0.3) is 0 Å². The molecule has 1 fully saturated rings. The summed E-state index contributed by atoms with van der Waals surface area (Å²) in [6, 6.07) is -0.222. The summed E-state index contributed by atoms with van der Waals surface area (Å²) in [6.07, 6.45) is 14.0. The second-order valence-electron chi connectivity index (χ2n) is 8.14. The fourth-order valence-electron chi connectivity index (χ4n) is 3.32. The predicted octanol–water partition coefficient (Wildman–Crippen LogP) is 8.36. The molecule has 0 aromatic rings. The summed E-state index contributed by atoms with van der Waals surface area (Å²) in [7, 11) is 0. The van der Waals surface area contributed by atoms with E-state index in [0.29, 0.717) is 31.9 Å². The third-order valence-electron chi connectivity index (χ3n) is 5.20. The van der Waals surface area contributed by atoms with Gasteiger partial charge in [0.15, 0.2) is 0 Å². The van der Waals surface area contributed by atoms with Gasteiger partial charge in [0, 0.05) is 19.0 Å². The van der Waals surface area contributed by atoms with Crippen LogP contribution in [0.5, 0.6) is 0 Å². The maximum absolute atomic E-state index is 12.0. The SMILES string of the molecule is C/C=C(\C)F.C=C.C=CCC(CC)C(/C=C\CF)=C/CC.CC.CCCC(=O)NC1CNC(C(=O)OCC)C1. The third kappa shape index (κ3) is 26.8. The van der Waals surface area contributed by atoms with E-state index >= 15 is 0 Å². The average molecular weight is 557 g/mol. The number of nitrogens with one attached hydrogen (secondary N) is 2. The van der Waals surface area contributed by atoms with E-state index in [1.54, 1.807) is 19.9 Å². The van der Waals surface area contributed by atoms with Crippen molar-refractivity contribution < 1.29 is 23.1 Å². The second-order valence-corrected chi connectivity index (χ2v) is 8.14. The van der Waals surface area contributed by atoms with Crippen molar-refractivity contribution in [2.45, 2.75) is 106 Å². The lowest BCUT2D eigenvalue weighted by atomic mass is 9.92. The van der Waals surface area contributed by atoms with Crippen LogP contribution in [0.15, 0.2) is 61.5 Å². The zero-order chi connectivity index (χ0) is 31.1. The van der Waals surface area contributed by atoms with Gasteiger partial charge in [0.2, 0.25) is 5.91 Å². The van der Waals surface area contributed by atoms with Crippen molar-refractivity contribution in [2.75, 3.05) is 19.8 Å². The summed E-state index contributed by atoms with van der Waals surface area (Å²) in [5.41, 5.74) is 1.24.